The van der Waals surface area contributed by atoms with Crippen LogP contribution in [0.2, 0.25) is 0 Å². The Morgan fingerprint density at radius 3 is 2.36 bits per heavy atom. The van der Waals surface area contributed by atoms with Crippen LogP contribution in [0, 0.1) is 0 Å². The van der Waals surface area contributed by atoms with Crippen molar-refractivity contribution in [2.45, 2.75) is 58.6 Å². The number of amides is 1. The lowest BCUT2D eigenvalue weighted by atomic mass is 10.2. The first-order chi connectivity index (χ1) is 10.3. The zero-order chi connectivity index (χ0) is 16.6. The van der Waals surface area contributed by atoms with Gasteiger partial charge in [0.1, 0.15) is 5.60 Å². The molecule has 0 atom stereocenters. The van der Waals surface area contributed by atoms with Crippen LogP contribution in [-0.2, 0) is 11.3 Å². The molecule has 0 aromatic heterocycles. The maximum absolute atomic E-state index is 12.2. The predicted molar refractivity (Wildman–Crippen MR) is 82.9 cm³/mol. The molecule has 0 N–H and O–H groups in total. The van der Waals surface area contributed by atoms with E-state index in [1.54, 1.807) is 4.90 Å². The van der Waals surface area contributed by atoms with Gasteiger partial charge in [0, 0.05) is 19.5 Å². The van der Waals surface area contributed by atoms with Gasteiger partial charge in [-0.25, -0.2) is 13.6 Å². The third kappa shape index (κ3) is 7.96. The lowest BCUT2D eigenvalue weighted by molar-refractivity contribution is 0.0228. The summed E-state index contributed by atoms with van der Waals surface area (Å²) in [6.45, 7) is 6.26. The maximum atomic E-state index is 12.2. The minimum absolute atomic E-state index is 0.131. The normalized spacial score (nSPS) is 11.5. The molecule has 1 aromatic rings. The van der Waals surface area contributed by atoms with Crippen molar-refractivity contribution in [3.8, 4) is 0 Å². The van der Waals surface area contributed by atoms with Gasteiger partial charge in [-0.15, -0.1) is 0 Å². The van der Waals surface area contributed by atoms with Crippen LogP contribution in [0.4, 0.5) is 13.6 Å². The molecule has 1 rings (SSSR count). The Kier molecular flexibility index (Phi) is 7.28. The fourth-order valence-corrected chi connectivity index (χ4v) is 1.97. The van der Waals surface area contributed by atoms with Crippen LogP contribution in [0.25, 0.3) is 0 Å². The van der Waals surface area contributed by atoms with E-state index in [9.17, 15) is 13.6 Å². The molecule has 0 radical (unpaired) electrons. The zero-order valence-electron chi connectivity index (χ0n) is 13.5. The van der Waals surface area contributed by atoms with E-state index in [0.717, 1.165) is 5.56 Å². The second kappa shape index (κ2) is 8.71. The van der Waals surface area contributed by atoms with Crippen LogP contribution in [0.3, 0.4) is 0 Å². The molecule has 0 bridgehead atoms. The lowest BCUT2D eigenvalue weighted by Crippen LogP contribution is -2.37. The van der Waals surface area contributed by atoms with Gasteiger partial charge in [-0.2, -0.15) is 0 Å². The van der Waals surface area contributed by atoms with E-state index in [0.29, 0.717) is 25.9 Å². The minimum atomic E-state index is -2.29. The smallest absolute Gasteiger partial charge is 0.410 e. The predicted octanol–water partition coefficient (Wildman–Crippen LogP) is 4.86. The molecule has 1 aromatic carbocycles. The fourth-order valence-electron chi connectivity index (χ4n) is 1.97. The Balaban J connectivity index is 2.61. The summed E-state index contributed by atoms with van der Waals surface area (Å²) in [5.74, 6) is 0. The average molecular weight is 313 g/mol. The maximum Gasteiger partial charge on any atom is 0.410 e. The van der Waals surface area contributed by atoms with Crippen molar-refractivity contribution < 1.29 is 18.3 Å². The van der Waals surface area contributed by atoms with Gasteiger partial charge in [0.2, 0.25) is 6.43 Å². The van der Waals surface area contributed by atoms with Crippen LogP contribution in [0.5, 0.6) is 0 Å². The van der Waals surface area contributed by atoms with Crippen molar-refractivity contribution in [2.24, 2.45) is 0 Å². The summed E-state index contributed by atoms with van der Waals surface area (Å²) >= 11 is 0. The third-order valence-corrected chi connectivity index (χ3v) is 2.97. The molecule has 3 nitrogen and oxygen atoms in total. The molecule has 0 aliphatic carbocycles. The van der Waals surface area contributed by atoms with Crippen molar-refractivity contribution in [1.82, 2.24) is 4.90 Å². The summed E-state index contributed by atoms with van der Waals surface area (Å²) in [5, 5.41) is 0. The zero-order valence-corrected chi connectivity index (χ0v) is 13.5. The molecule has 124 valence electrons. The second-order valence-corrected chi connectivity index (χ2v) is 6.27. The number of carbonyl (C=O) groups excluding carboxylic acids is 1. The van der Waals surface area contributed by atoms with Gasteiger partial charge in [-0.3, -0.25) is 0 Å². The van der Waals surface area contributed by atoms with E-state index in [-0.39, 0.29) is 6.42 Å². The number of rotatable bonds is 7. The molecule has 0 saturated heterocycles. The van der Waals surface area contributed by atoms with Gasteiger partial charge < -0.3 is 9.64 Å². The SMILES string of the molecule is CC(C)(C)OC(=O)N(CCCCC(F)F)Cc1ccccc1. The first kappa shape index (κ1) is 18.4. The van der Waals surface area contributed by atoms with Gasteiger partial charge in [-0.05, 0) is 39.2 Å². The van der Waals surface area contributed by atoms with Gasteiger partial charge in [-0.1, -0.05) is 30.3 Å². The van der Waals surface area contributed by atoms with Crippen molar-refractivity contribution in [2.75, 3.05) is 6.54 Å². The Bertz CT molecular complexity index is 444. The first-order valence-electron chi connectivity index (χ1n) is 7.58. The van der Waals surface area contributed by atoms with E-state index >= 15 is 0 Å². The topological polar surface area (TPSA) is 29.5 Å². The van der Waals surface area contributed by atoms with Crippen LogP contribution in [0.1, 0.15) is 45.6 Å². The summed E-state index contributed by atoms with van der Waals surface area (Å²) in [4.78, 5) is 13.8. The Labute approximate surface area is 131 Å². The molecule has 0 saturated carbocycles. The van der Waals surface area contributed by atoms with Crippen molar-refractivity contribution in [1.29, 1.82) is 0 Å². The summed E-state index contributed by atoms with van der Waals surface area (Å²) < 4.78 is 29.8. The molecular formula is C17H25F2NO2. The molecule has 22 heavy (non-hydrogen) atoms. The Morgan fingerprint density at radius 2 is 1.82 bits per heavy atom. The molecule has 0 heterocycles. The second-order valence-electron chi connectivity index (χ2n) is 6.27. The molecule has 0 aliphatic heterocycles. The molecule has 5 heteroatoms. The van der Waals surface area contributed by atoms with E-state index in [1.165, 1.54) is 0 Å². The van der Waals surface area contributed by atoms with Gasteiger partial charge in [0.25, 0.3) is 0 Å². The van der Waals surface area contributed by atoms with Gasteiger partial charge in [0.05, 0.1) is 0 Å². The van der Waals surface area contributed by atoms with Crippen LogP contribution in [-0.4, -0.2) is 29.6 Å². The number of hydrogen-bond donors (Lipinski definition) is 0. The van der Waals surface area contributed by atoms with Crippen molar-refractivity contribution in [3.63, 3.8) is 0 Å². The minimum Gasteiger partial charge on any atom is -0.444 e. The Morgan fingerprint density at radius 1 is 1.18 bits per heavy atom. The summed E-state index contributed by atoms with van der Waals surface area (Å²) in [5.41, 5.74) is 0.414. The lowest BCUT2D eigenvalue weighted by Gasteiger charge is -2.27. The van der Waals surface area contributed by atoms with Crippen LogP contribution in [0.15, 0.2) is 30.3 Å². The fraction of sp³-hybridized carbons (Fsp3) is 0.588. The van der Waals surface area contributed by atoms with Crippen molar-refractivity contribution in [3.05, 3.63) is 35.9 Å². The number of alkyl halides is 2. The number of hydrogen-bond acceptors (Lipinski definition) is 2. The number of carbonyl (C=O) groups is 1. The van der Waals surface area contributed by atoms with E-state index in [1.807, 2.05) is 51.1 Å². The van der Waals surface area contributed by atoms with Gasteiger partial charge >= 0.3 is 6.09 Å². The number of halogens is 2. The number of nitrogens with zero attached hydrogens (tertiary/aromatic N) is 1. The molecule has 0 fully saturated rings. The summed E-state index contributed by atoms with van der Waals surface area (Å²) in [6.07, 6.45) is -1.90. The molecule has 1 amide bonds. The highest BCUT2D eigenvalue weighted by Gasteiger charge is 2.22. The number of ether oxygens (including phenoxy) is 1. The van der Waals surface area contributed by atoms with Crippen molar-refractivity contribution >= 4 is 6.09 Å². The van der Waals surface area contributed by atoms with Gasteiger partial charge in [0.15, 0.2) is 0 Å². The quantitative estimate of drug-likeness (QED) is 0.673. The highest BCUT2D eigenvalue weighted by molar-refractivity contribution is 5.68. The molecule has 0 spiro atoms. The van der Waals surface area contributed by atoms with E-state index in [4.69, 9.17) is 4.74 Å². The standard InChI is InChI=1S/C17H25F2NO2/c1-17(2,3)22-16(21)20(12-8-7-11-15(18)19)13-14-9-5-4-6-10-14/h4-6,9-10,15H,7-8,11-13H2,1-3H3. The Hall–Kier alpha value is -1.65. The molecule has 0 unspecified atom stereocenters. The number of benzene rings is 1. The highest BCUT2D eigenvalue weighted by atomic mass is 19.3. The molecular weight excluding hydrogens is 288 g/mol. The monoisotopic (exact) mass is 313 g/mol. The molecule has 0 aliphatic rings. The first-order valence-corrected chi connectivity index (χ1v) is 7.58. The highest BCUT2D eigenvalue weighted by Crippen LogP contribution is 2.14. The summed E-state index contributed by atoms with van der Waals surface area (Å²) in [7, 11) is 0. The van der Waals surface area contributed by atoms with E-state index < -0.39 is 18.1 Å². The largest absolute Gasteiger partial charge is 0.444 e. The van der Waals surface area contributed by atoms with Crippen LogP contribution < -0.4 is 0 Å². The summed E-state index contributed by atoms with van der Waals surface area (Å²) in [6, 6.07) is 9.57. The average Bonchev–Trinajstić information content (AvgIpc) is 2.41. The third-order valence-electron chi connectivity index (χ3n) is 2.97. The number of unbranched alkanes of at least 4 members (excludes halogenated alkanes) is 1. The van der Waals surface area contributed by atoms with Crippen LogP contribution >= 0.6 is 0 Å². The van der Waals surface area contributed by atoms with E-state index in [2.05, 4.69) is 0 Å².